The zero-order chi connectivity index (χ0) is 33.3. The van der Waals surface area contributed by atoms with Crippen LogP contribution in [0.3, 0.4) is 0 Å². The third-order valence-electron chi connectivity index (χ3n) is 9.30. The zero-order valence-corrected chi connectivity index (χ0v) is 27.2. The molecule has 9 aromatic rings. The van der Waals surface area contributed by atoms with Crippen LogP contribution in [0.2, 0.25) is 0 Å². The van der Waals surface area contributed by atoms with Crippen LogP contribution in [0.4, 0.5) is 0 Å². The highest BCUT2D eigenvalue weighted by molar-refractivity contribution is 6.00. The fourth-order valence-electron chi connectivity index (χ4n) is 6.70. The van der Waals surface area contributed by atoms with E-state index in [-0.39, 0.29) is 0 Å². The van der Waals surface area contributed by atoms with Gasteiger partial charge in [-0.2, -0.15) is 0 Å². The number of hydrogen-bond acceptors (Lipinski definition) is 3. The molecule has 0 saturated carbocycles. The summed E-state index contributed by atoms with van der Waals surface area (Å²) in [7, 11) is 0. The molecule has 0 spiro atoms. The quantitative estimate of drug-likeness (QED) is 0.182. The lowest BCUT2D eigenvalue weighted by Gasteiger charge is -2.13. The van der Waals surface area contributed by atoms with Gasteiger partial charge in [0.15, 0.2) is 17.5 Å². The summed E-state index contributed by atoms with van der Waals surface area (Å²) in [5.74, 6) is 1.94. The highest BCUT2D eigenvalue weighted by Crippen LogP contribution is 2.35. The highest BCUT2D eigenvalue weighted by Gasteiger charge is 2.15. The Bertz CT molecular complexity index is 2610. The van der Waals surface area contributed by atoms with Crippen LogP contribution in [-0.4, -0.2) is 15.0 Å². The van der Waals surface area contributed by atoms with Crippen LogP contribution in [0.1, 0.15) is 0 Å². The minimum atomic E-state index is 0.644. The average Bonchev–Trinajstić information content (AvgIpc) is 3.21. The van der Waals surface area contributed by atoms with E-state index in [0.717, 1.165) is 44.0 Å². The Morgan fingerprint density at radius 3 is 1.32 bits per heavy atom. The van der Waals surface area contributed by atoms with Crippen molar-refractivity contribution in [1.29, 1.82) is 0 Å². The summed E-state index contributed by atoms with van der Waals surface area (Å²) < 4.78 is 0. The summed E-state index contributed by atoms with van der Waals surface area (Å²) in [4.78, 5) is 15.2. The van der Waals surface area contributed by atoms with Gasteiger partial charge in [0, 0.05) is 16.7 Å². The number of nitrogens with zero attached hydrogens (tertiary/aromatic N) is 3. The van der Waals surface area contributed by atoms with Crippen LogP contribution in [0.25, 0.3) is 89.1 Å². The fraction of sp³-hybridized carbons (Fsp3) is 0. The van der Waals surface area contributed by atoms with Gasteiger partial charge in [0.25, 0.3) is 0 Å². The smallest absolute Gasteiger partial charge is 0.164 e. The lowest BCUT2D eigenvalue weighted by Crippen LogP contribution is -2.00. The van der Waals surface area contributed by atoms with E-state index in [2.05, 4.69) is 146 Å². The Kier molecular flexibility index (Phi) is 7.49. The van der Waals surface area contributed by atoms with Crippen LogP contribution in [0.5, 0.6) is 0 Å². The Morgan fingerprint density at radius 1 is 0.240 bits per heavy atom. The van der Waals surface area contributed by atoms with E-state index in [1.54, 1.807) is 0 Å². The molecule has 0 aliphatic heterocycles. The normalized spacial score (nSPS) is 11.2. The number of rotatable bonds is 6. The molecule has 3 heteroatoms. The predicted molar refractivity (Wildman–Crippen MR) is 207 cm³/mol. The first-order valence-electron chi connectivity index (χ1n) is 16.9. The summed E-state index contributed by atoms with van der Waals surface area (Å²) in [6, 6.07) is 65.9. The van der Waals surface area contributed by atoms with Crippen LogP contribution >= 0.6 is 0 Å². The number of benzene rings is 8. The second-order valence-corrected chi connectivity index (χ2v) is 12.5. The number of aromatic nitrogens is 3. The Balaban J connectivity index is 1.13. The molecule has 0 aliphatic rings. The van der Waals surface area contributed by atoms with Gasteiger partial charge < -0.3 is 0 Å². The molecule has 0 aliphatic carbocycles. The van der Waals surface area contributed by atoms with Gasteiger partial charge in [0.1, 0.15) is 0 Å². The van der Waals surface area contributed by atoms with Crippen molar-refractivity contribution in [1.82, 2.24) is 15.0 Å². The molecule has 1 heterocycles. The molecule has 1 aromatic heterocycles. The van der Waals surface area contributed by atoms with Gasteiger partial charge in [-0.1, -0.05) is 164 Å². The van der Waals surface area contributed by atoms with Crippen LogP contribution in [0.15, 0.2) is 188 Å². The molecule has 0 atom stereocenters. The van der Waals surface area contributed by atoms with Gasteiger partial charge in [-0.25, -0.2) is 15.0 Å². The van der Waals surface area contributed by atoms with Crippen molar-refractivity contribution < 1.29 is 0 Å². The van der Waals surface area contributed by atoms with Crippen LogP contribution < -0.4 is 0 Å². The first kappa shape index (κ1) is 29.4. The third kappa shape index (κ3) is 5.72. The standard InChI is InChI=1S/C47H31N3/c1-4-12-32(13-5-1)33-20-22-34(23-21-33)37-24-25-39-29-41(27-26-38(39)28-37)46-48-45(36-16-8-3-9-17-36)49-47(50-46)42-30-40-18-10-11-19-43(40)44(31-42)35-14-6-2-7-15-35/h1-31H. The maximum Gasteiger partial charge on any atom is 0.164 e. The second kappa shape index (κ2) is 12.7. The minimum absolute atomic E-state index is 0.644. The lowest BCUT2D eigenvalue weighted by molar-refractivity contribution is 1.08. The first-order chi connectivity index (χ1) is 24.7. The molecule has 0 fully saturated rings. The summed E-state index contributed by atoms with van der Waals surface area (Å²) in [6.07, 6.45) is 0. The van der Waals surface area contributed by atoms with Gasteiger partial charge >= 0.3 is 0 Å². The topological polar surface area (TPSA) is 38.7 Å². The largest absolute Gasteiger partial charge is 0.208 e. The summed E-state index contributed by atoms with van der Waals surface area (Å²) >= 11 is 0. The molecule has 0 radical (unpaired) electrons. The molecule has 0 bridgehead atoms. The molecular weight excluding hydrogens is 607 g/mol. The lowest BCUT2D eigenvalue weighted by atomic mass is 9.95. The van der Waals surface area contributed by atoms with E-state index in [0.29, 0.717) is 17.5 Å². The number of hydrogen-bond donors (Lipinski definition) is 0. The van der Waals surface area contributed by atoms with Gasteiger partial charge in [0.2, 0.25) is 0 Å². The molecular formula is C47H31N3. The predicted octanol–water partition coefficient (Wildman–Crippen LogP) is 12.2. The molecule has 0 N–H and O–H groups in total. The Hall–Kier alpha value is -6.71. The van der Waals surface area contributed by atoms with Crippen molar-refractivity contribution in [2.45, 2.75) is 0 Å². The van der Waals surface area contributed by atoms with Crippen molar-refractivity contribution in [2.24, 2.45) is 0 Å². The molecule has 9 rings (SSSR count). The molecule has 0 saturated heterocycles. The van der Waals surface area contributed by atoms with E-state index >= 15 is 0 Å². The summed E-state index contributed by atoms with van der Waals surface area (Å²) in [5, 5.41) is 4.63. The summed E-state index contributed by atoms with van der Waals surface area (Å²) in [5.41, 5.74) is 9.97. The van der Waals surface area contributed by atoms with Gasteiger partial charge in [0.05, 0.1) is 0 Å². The van der Waals surface area contributed by atoms with E-state index in [9.17, 15) is 0 Å². The van der Waals surface area contributed by atoms with Crippen LogP contribution in [0, 0.1) is 0 Å². The minimum Gasteiger partial charge on any atom is -0.208 e. The highest BCUT2D eigenvalue weighted by atomic mass is 15.0. The van der Waals surface area contributed by atoms with Crippen molar-refractivity contribution >= 4 is 21.5 Å². The van der Waals surface area contributed by atoms with E-state index < -0.39 is 0 Å². The van der Waals surface area contributed by atoms with Gasteiger partial charge in [-0.3, -0.25) is 0 Å². The molecule has 0 amide bonds. The van der Waals surface area contributed by atoms with Gasteiger partial charge in [-0.15, -0.1) is 0 Å². The molecule has 50 heavy (non-hydrogen) atoms. The van der Waals surface area contributed by atoms with Crippen molar-refractivity contribution in [3.63, 3.8) is 0 Å². The van der Waals surface area contributed by atoms with E-state index in [1.165, 1.54) is 27.6 Å². The second-order valence-electron chi connectivity index (χ2n) is 12.5. The van der Waals surface area contributed by atoms with Gasteiger partial charge in [-0.05, 0) is 79.2 Å². The maximum absolute atomic E-state index is 5.12. The van der Waals surface area contributed by atoms with Crippen molar-refractivity contribution in [3.8, 4) is 67.5 Å². The van der Waals surface area contributed by atoms with Crippen LogP contribution in [-0.2, 0) is 0 Å². The maximum atomic E-state index is 5.12. The van der Waals surface area contributed by atoms with Crippen molar-refractivity contribution in [2.75, 3.05) is 0 Å². The molecule has 0 unspecified atom stereocenters. The first-order valence-corrected chi connectivity index (χ1v) is 16.9. The molecule has 234 valence electrons. The fourth-order valence-corrected chi connectivity index (χ4v) is 6.70. The zero-order valence-electron chi connectivity index (χ0n) is 27.2. The summed E-state index contributed by atoms with van der Waals surface area (Å²) in [6.45, 7) is 0. The molecule has 8 aromatic carbocycles. The third-order valence-corrected chi connectivity index (χ3v) is 9.30. The Labute approximate surface area is 291 Å². The monoisotopic (exact) mass is 637 g/mol. The Morgan fingerprint density at radius 2 is 0.660 bits per heavy atom. The SMILES string of the molecule is c1ccc(-c2ccc(-c3ccc4cc(-c5nc(-c6ccccc6)nc(-c6cc(-c7ccccc7)c7ccccc7c6)n5)ccc4c3)cc2)cc1. The van der Waals surface area contributed by atoms with E-state index in [1.807, 2.05) is 42.5 Å². The number of fused-ring (bicyclic) bond motifs is 2. The van der Waals surface area contributed by atoms with Crippen molar-refractivity contribution in [3.05, 3.63) is 188 Å². The molecule has 3 nitrogen and oxygen atoms in total. The van der Waals surface area contributed by atoms with E-state index in [4.69, 9.17) is 15.0 Å². The average molecular weight is 638 g/mol.